The fourth-order valence-electron chi connectivity index (χ4n) is 2.73. The Morgan fingerprint density at radius 1 is 1.32 bits per heavy atom. The fraction of sp³-hybridized carbons (Fsp3) is 0.222. The highest BCUT2D eigenvalue weighted by Crippen LogP contribution is 2.40. The van der Waals surface area contributed by atoms with Gasteiger partial charge in [0.15, 0.2) is 5.75 Å². The summed E-state index contributed by atoms with van der Waals surface area (Å²) in [6.07, 6.45) is 3.17. The van der Waals surface area contributed by atoms with Crippen LogP contribution in [-0.2, 0) is 14.3 Å². The van der Waals surface area contributed by atoms with Gasteiger partial charge in [-0.25, -0.2) is 4.79 Å². The lowest BCUT2D eigenvalue weighted by atomic mass is 10.2. The molecule has 1 saturated heterocycles. The summed E-state index contributed by atoms with van der Waals surface area (Å²) in [6, 6.07) is 4.97. The van der Waals surface area contributed by atoms with Crippen molar-refractivity contribution in [2.75, 3.05) is 25.1 Å². The van der Waals surface area contributed by atoms with E-state index in [-0.39, 0.29) is 4.32 Å². The third kappa shape index (κ3) is 3.73. The van der Waals surface area contributed by atoms with Crippen molar-refractivity contribution in [2.45, 2.75) is 6.92 Å². The molecule has 28 heavy (non-hydrogen) atoms. The first kappa shape index (κ1) is 19.9. The van der Waals surface area contributed by atoms with Crippen molar-refractivity contribution in [1.29, 1.82) is 0 Å². The molecular formula is C18H16N2O6S2. The molecule has 0 unspecified atom stereocenters. The number of methoxy groups -OCH3 is 1. The molecule has 0 aliphatic carbocycles. The average molecular weight is 420 g/mol. The summed E-state index contributed by atoms with van der Waals surface area (Å²) >= 11 is 6.11. The number of amides is 1. The lowest BCUT2D eigenvalue weighted by molar-refractivity contribution is -0.140. The summed E-state index contributed by atoms with van der Waals surface area (Å²) in [6.45, 7) is 2.01. The van der Waals surface area contributed by atoms with Crippen molar-refractivity contribution in [3.8, 4) is 5.75 Å². The maximum Gasteiger partial charge on any atom is 0.337 e. The number of esters is 1. The lowest BCUT2D eigenvalue weighted by Gasteiger charge is -2.15. The molecule has 146 valence electrons. The summed E-state index contributed by atoms with van der Waals surface area (Å²) in [7, 11) is 1.32. The number of carbonyl (C=O) groups is 3. The zero-order chi connectivity index (χ0) is 20.4. The van der Waals surface area contributed by atoms with Crippen LogP contribution in [0, 0.1) is 0 Å². The Bertz CT molecular complexity index is 940. The number of rotatable bonds is 5. The quantitative estimate of drug-likeness (QED) is 0.437. The van der Waals surface area contributed by atoms with E-state index in [4.69, 9.17) is 26.8 Å². The minimum atomic E-state index is -1.14. The maximum atomic E-state index is 12.3. The topological polar surface area (TPSA) is 96.4 Å². The van der Waals surface area contributed by atoms with Gasteiger partial charge in [-0.1, -0.05) is 24.0 Å². The normalized spacial score (nSPS) is 18.6. The molecule has 0 radical (unpaired) electrons. The van der Waals surface area contributed by atoms with Crippen molar-refractivity contribution in [2.24, 2.45) is 0 Å². The first-order valence-corrected chi connectivity index (χ1v) is 9.43. The molecule has 0 saturated carbocycles. The number of thioether (sulfide) groups is 1. The number of fused-ring (bicyclic) bond motifs is 1. The molecule has 2 aliphatic heterocycles. The standard InChI is InChI=1S/C18H16N2O6S2/c1-3-19-11-8-10(17(24)25-2)4-5-12(11)26-14(19)7-6-13-16(23)20(9-15(21)22)18(27)28-13/h4-8H,3,9H2,1-2H3,(H,21,22)/b13-6+,14-7-. The van der Waals surface area contributed by atoms with Crippen LogP contribution in [0.3, 0.4) is 0 Å². The predicted octanol–water partition coefficient (Wildman–Crippen LogP) is 2.36. The molecule has 1 aromatic carbocycles. The molecule has 2 aliphatic rings. The minimum Gasteiger partial charge on any atom is -0.480 e. The Morgan fingerprint density at radius 3 is 2.71 bits per heavy atom. The molecule has 10 heteroatoms. The fourth-order valence-corrected chi connectivity index (χ4v) is 3.92. The first-order valence-electron chi connectivity index (χ1n) is 8.21. The predicted molar refractivity (Wildman–Crippen MR) is 107 cm³/mol. The molecule has 1 N–H and O–H groups in total. The van der Waals surface area contributed by atoms with Gasteiger partial charge in [-0.3, -0.25) is 14.5 Å². The van der Waals surface area contributed by atoms with E-state index < -0.39 is 24.4 Å². The van der Waals surface area contributed by atoms with Gasteiger partial charge < -0.3 is 19.5 Å². The second-order valence-electron chi connectivity index (χ2n) is 5.71. The molecule has 1 aromatic rings. The van der Waals surface area contributed by atoms with E-state index in [9.17, 15) is 14.4 Å². The number of aliphatic carboxylic acids is 1. The van der Waals surface area contributed by atoms with Gasteiger partial charge in [-0.15, -0.1) is 0 Å². The third-order valence-electron chi connectivity index (χ3n) is 4.01. The van der Waals surface area contributed by atoms with E-state index >= 15 is 0 Å². The monoisotopic (exact) mass is 420 g/mol. The number of carboxylic acids is 1. The van der Waals surface area contributed by atoms with E-state index in [0.717, 1.165) is 16.7 Å². The molecule has 0 spiro atoms. The number of allylic oxidation sites excluding steroid dienone is 2. The van der Waals surface area contributed by atoms with Gasteiger partial charge in [0.2, 0.25) is 5.88 Å². The number of thiocarbonyl (C=S) groups is 1. The maximum absolute atomic E-state index is 12.3. The van der Waals surface area contributed by atoms with Gasteiger partial charge >= 0.3 is 11.9 Å². The third-order valence-corrected chi connectivity index (χ3v) is 5.41. The van der Waals surface area contributed by atoms with Gasteiger partial charge in [0.25, 0.3) is 5.91 Å². The number of anilines is 1. The van der Waals surface area contributed by atoms with Crippen molar-refractivity contribution in [3.05, 3.63) is 46.7 Å². The number of hydrogen-bond acceptors (Lipinski definition) is 8. The lowest BCUT2D eigenvalue weighted by Crippen LogP contribution is -2.33. The van der Waals surface area contributed by atoms with Crippen molar-refractivity contribution in [3.63, 3.8) is 0 Å². The second-order valence-corrected chi connectivity index (χ2v) is 7.38. The number of nitrogens with zero attached hydrogens (tertiary/aromatic N) is 2. The van der Waals surface area contributed by atoms with Crippen molar-refractivity contribution >= 4 is 51.8 Å². The highest BCUT2D eigenvalue weighted by molar-refractivity contribution is 8.26. The van der Waals surface area contributed by atoms with E-state index in [2.05, 4.69) is 0 Å². The van der Waals surface area contributed by atoms with Crippen LogP contribution in [-0.4, -0.2) is 52.4 Å². The Morgan fingerprint density at radius 2 is 2.07 bits per heavy atom. The molecule has 0 bridgehead atoms. The SMILES string of the molecule is CCN1/C(=C/C=C2/SC(=S)N(CC(=O)O)C2=O)Oc2ccc(C(=O)OC)cc21. The Hall–Kier alpha value is -2.85. The summed E-state index contributed by atoms with van der Waals surface area (Å²) in [5.41, 5.74) is 1.11. The van der Waals surface area contributed by atoms with Crippen LogP contribution in [0.4, 0.5) is 5.69 Å². The average Bonchev–Trinajstić information content (AvgIpc) is 3.16. The number of carboxylic acid groups (broad SMARTS) is 1. The number of ether oxygens (including phenoxy) is 2. The molecule has 0 atom stereocenters. The minimum absolute atomic E-state index is 0.197. The second kappa shape index (κ2) is 8.03. The number of carbonyl (C=O) groups excluding carboxylic acids is 2. The summed E-state index contributed by atoms with van der Waals surface area (Å²) in [5.74, 6) is -0.987. The van der Waals surface area contributed by atoms with Crippen molar-refractivity contribution in [1.82, 2.24) is 4.90 Å². The number of hydrogen-bond donors (Lipinski definition) is 1. The summed E-state index contributed by atoms with van der Waals surface area (Å²) in [5, 5.41) is 8.89. The van der Waals surface area contributed by atoms with Crippen LogP contribution in [0.1, 0.15) is 17.3 Å². The van der Waals surface area contributed by atoms with Crippen LogP contribution in [0.2, 0.25) is 0 Å². The van der Waals surface area contributed by atoms with Crippen LogP contribution in [0.25, 0.3) is 0 Å². The van der Waals surface area contributed by atoms with Crippen LogP contribution < -0.4 is 9.64 Å². The Kier molecular flexibility index (Phi) is 5.71. The zero-order valence-corrected chi connectivity index (χ0v) is 16.6. The van der Waals surface area contributed by atoms with Crippen LogP contribution in [0.5, 0.6) is 5.75 Å². The van der Waals surface area contributed by atoms with Gasteiger partial charge in [0.05, 0.1) is 23.3 Å². The first-order chi connectivity index (χ1) is 13.3. The van der Waals surface area contributed by atoms with E-state index in [0.29, 0.717) is 34.3 Å². The molecule has 3 rings (SSSR count). The smallest absolute Gasteiger partial charge is 0.337 e. The van der Waals surface area contributed by atoms with Gasteiger partial charge in [0, 0.05) is 12.6 Å². The molecule has 0 aromatic heterocycles. The van der Waals surface area contributed by atoms with Gasteiger partial charge in [-0.2, -0.15) is 0 Å². The zero-order valence-electron chi connectivity index (χ0n) is 15.0. The molecule has 1 amide bonds. The molecular weight excluding hydrogens is 404 g/mol. The molecule has 1 fully saturated rings. The van der Waals surface area contributed by atoms with Crippen molar-refractivity contribution < 1.29 is 29.0 Å². The van der Waals surface area contributed by atoms with Gasteiger partial charge in [0.1, 0.15) is 10.9 Å². The number of benzene rings is 1. The Balaban J connectivity index is 1.86. The van der Waals surface area contributed by atoms with E-state index in [1.807, 2.05) is 11.8 Å². The van der Waals surface area contributed by atoms with Crippen LogP contribution in [0.15, 0.2) is 41.1 Å². The van der Waals surface area contributed by atoms with Crippen LogP contribution >= 0.6 is 24.0 Å². The summed E-state index contributed by atoms with van der Waals surface area (Å²) in [4.78, 5) is 38.2. The molecule has 2 heterocycles. The van der Waals surface area contributed by atoms with E-state index in [1.54, 1.807) is 30.4 Å². The van der Waals surface area contributed by atoms with E-state index in [1.165, 1.54) is 7.11 Å². The highest BCUT2D eigenvalue weighted by Gasteiger charge is 2.33. The largest absolute Gasteiger partial charge is 0.480 e. The molecule has 8 nitrogen and oxygen atoms in total. The summed E-state index contributed by atoms with van der Waals surface area (Å²) < 4.78 is 10.8. The highest BCUT2D eigenvalue weighted by atomic mass is 32.2. The Labute approximate surface area is 170 Å². The van der Waals surface area contributed by atoms with Gasteiger partial charge in [-0.05, 0) is 31.2 Å².